The van der Waals surface area contributed by atoms with Gasteiger partial charge in [-0.25, -0.2) is 0 Å². The molecule has 0 atom stereocenters. The Balaban J connectivity index is 1.70. The van der Waals surface area contributed by atoms with Crippen LogP contribution in [0, 0.1) is 0 Å². The van der Waals surface area contributed by atoms with E-state index in [4.69, 9.17) is 27.6 Å². The summed E-state index contributed by atoms with van der Waals surface area (Å²) < 4.78 is 4.99. The summed E-state index contributed by atoms with van der Waals surface area (Å²) in [7, 11) is 0. The second-order valence-corrected chi connectivity index (χ2v) is 5.89. The molecule has 0 bridgehead atoms. The molecule has 0 spiro atoms. The lowest BCUT2D eigenvalue weighted by atomic mass is 10.2. The minimum absolute atomic E-state index is 0.0207. The van der Waals surface area contributed by atoms with E-state index in [1.165, 1.54) is 24.5 Å². The van der Waals surface area contributed by atoms with Gasteiger partial charge in [0.05, 0.1) is 29.4 Å². The van der Waals surface area contributed by atoms with E-state index >= 15 is 0 Å². The highest BCUT2D eigenvalue weighted by Crippen LogP contribution is 2.22. The Morgan fingerprint density at radius 2 is 1.70 bits per heavy atom. The molecule has 0 fully saturated rings. The Hall–Kier alpha value is -3.04. The van der Waals surface area contributed by atoms with E-state index in [0.29, 0.717) is 10.8 Å². The first-order valence-electron chi connectivity index (χ1n) is 7.49. The Bertz CT molecular complexity index is 855. The maximum Gasteiger partial charge on any atom is 0.327 e. The van der Waals surface area contributed by atoms with Gasteiger partial charge < -0.3 is 15.1 Å². The average molecular weight is 413 g/mol. The Morgan fingerprint density at radius 1 is 0.926 bits per heavy atom. The number of hydrogen-bond donors (Lipinski definition) is 4. The number of carbonyl (C=O) groups is 4. The molecule has 0 aliphatic heterocycles. The van der Waals surface area contributed by atoms with Crippen molar-refractivity contribution in [2.24, 2.45) is 0 Å². The zero-order chi connectivity index (χ0) is 19.8. The first-order valence-corrected chi connectivity index (χ1v) is 8.25. The molecule has 142 valence electrons. The van der Waals surface area contributed by atoms with Crippen molar-refractivity contribution in [2.75, 3.05) is 6.54 Å². The van der Waals surface area contributed by atoms with Gasteiger partial charge in [-0.05, 0) is 30.3 Å². The van der Waals surface area contributed by atoms with Gasteiger partial charge in [0.2, 0.25) is 0 Å². The van der Waals surface area contributed by atoms with E-state index in [2.05, 4.69) is 10.6 Å². The molecule has 0 radical (unpaired) electrons. The van der Waals surface area contributed by atoms with Gasteiger partial charge in [0.25, 0.3) is 11.8 Å². The highest BCUT2D eigenvalue weighted by atomic mass is 35.5. The smallest absolute Gasteiger partial charge is 0.327 e. The van der Waals surface area contributed by atoms with E-state index < -0.39 is 30.2 Å². The molecule has 27 heavy (non-hydrogen) atoms. The molecular formula is C16H14Cl2N4O5. The van der Waals surface area contributed by atoms with Crippen LogP contribution in [-0.4, -0.2) is 30.2 Å². The lowest BCUT2D eigenvalue weighted by molar-refractivity contribution is -0.141. The van der Waals surface area contributed by atoms with Crippen molar-refractivity contribution in [3.8, 4) is 0 Å². The Labute approximate surface area is 163 Å². The summed E-state index contributed by atoms with van der Waals surface area (Å²) in [6.45, 7) is -0.416. The van der Waals surface area contributed by atoms with E-state index in [0.717, 1.165) is 0 Å². The summed E-state index contributed by atoms with van der Waals surface area (Å²) in [5.41, 5.74) is 4.13. The predicted octanol–water partition coefficient (Wildman–Crippen LogP) is 0.780. The van der Waals surface area contributed by atoms with Crippen molar-refractivity contribution in [2.45, 2.75) is 6.54 Å². The van der Waals surface area contributed by atoms with Crippen molar-refractivity contribution >= 4 is 46.8 Å². The first kappa shape index (κ1) is 20.3. The van der Waals surface area contributed by atoms with Gasteiger partial charge in [-0.2, -0.15) is 0 Å². The van der Waals surface area contributed by atoms with E-state index in [1.54, 1.807) is 12.1 Å². The number of rotatable bonds is 5. The highest BCUT2D eigenvalue weighted by Gasteiger charge is 2.15. The molecule has 4 amide bonds. The van der Waals surface area contributed by atoms with Crippen LogP contribution in [0.2, 0.25) is 10.0 Å². The van der Waals surface area contributed by atoms with Gasteiger partial charge in [0.1, 0.15) is 5.76 Å². The number of carbonyl (C=O) groups excluding carboxylic acids is 4. The number of furan rings is 1. The number of hydrazine groups is 1. The van der Waals surface area contributed by atoms with Gasteiger partial charge in [0, 0.05) is 5.56 Å². The van der Waals surface area contributed by atoms with Gasteiger partial charge in [0.15, 0.2) is 0 Å². The number of nitrogens with one attached hydrogen (secondary N) is 4. The molecular weight excluding hydrogens is 399 g/mol. The lowest BCUT2D eigenvalue weighted by Gasteiger charge is -2.09. The quantitative estimate of drug-likeness (QED) is 0.425. The number of benzene rings is 1. The van der Waals surface area contributed by atoms with E-state index in [9.17, 15) is 19.2 Å². The molecule has 0 aliphatic carbocycles. The Morgan fingerprint density at radius 3 is 2.37 bits per heavy atom. The largest absolute Gasteiger partial charge is 0.467 e. The number of hydrogen-bond acceptors (Lipinski definition) is 5. The third-order valence-corrected chi connectivity index (χ3v) is 3.86. The first-order chi connectivity index (χ1) is 12.9. The topological polar surface area (TPSA) is 130 Å². The molecule has 1 heterocycles. The van der Waals surface area contributed by atoms with E-state index in [1.807, 2.05) is 10.9 Å². The summed E-state index contributed by atoms with van der Waals surface area (Å²) in [5.74, 6) is -2.88. The van der Waals surface area contributed by atoms with Crippen molar-refractivity contribution < 1.29 is 23.6 Å². The normalized spacial score (nSPS) is 10.0. The highest BCUT2D eigenvalue weighted by molar-refractivity contribution is 6.42. The molecule has 0 unspecified atom stereocenters. The summed E-state index contributed by atoms with van der Waals surface area (Å²) in [4.78, 5) is 46.6. The molecule has 11 heteroatoms. The summed E-state index contributed by atoms with van der Waals surface area (Å²) in [6, 6.07) is 7.49. The van der Waals surface area contributed by atoms with Crippen LogP contribution < -0.4 is 21.5 Å². The minimum Gasteiger partial charge on any atom is -0.467 e. The van der Waals surface area contributed by atoms with Crippen LogP contribution in [0.3, 0.4) is 0 Å². The van der Waals surface area contributed by atoms with Crippen LogP contribution in [0.25, 0.3) is 0 Å². The minimum atomic E-state index is -1.08. The van der Waals surface area contributed by atoms with Gasteiger partial charge in [-0.1, -0.05) is 23.2 Å². The maximum atomic E-state index is 11.9. The number of halogens is 2. The van der Waals surface area contributed by atoms with Gasteiger partial charge in [-0.15, -0.1) is 0 Å². The van der Waals surface area contributed by atoms with Crippen LogP contribution in [0.4, 0.5) is 0 Å². The van der Waals surface area contributed by atoms with Crippen LogP contribution >= 0.6 is 23.2 Å². The fourth-order valence-corrected chi connectivity index (χ4v) is 2.09. The fraction of sp³-hybridized carbons (Fsp3) is 0.125. The summed E-state index contributed by atoms with van der Waals surface area (Å²) >= 11 is 11.6. The van der Waals surface area contributed by atoms with E-state index in [-0.39, 0.29) is 17.1 Å². The molecule has 1 aromatic carbocycles. The molecule has 2 rings (SSSR count). The third-order valence-electron chi connectivity index (χ3n) is 3.12. The van der Waals surface area contributed by atoms with Crippen LogP contribution in [0.5, 0.6) is 0 Å². The van der Waals surface area contributed by atoms with Gasteiger partial charge >= 0.3 is 11.8 Å². The summed E-state index contributed by atoms with van der Waals surface area (Å²) in [5, 5.41) is 5.11. The predicted molar refractivity (Wildman–Crippen MR) is 95.6 cm³/mol. The third kappa shape index (κ3) is 6.32. The molecule has 0 saturated carbocycles. The average Bonchev–Trinajstić information content (AvgIpc) is 3.17. The van der Waals surface area contributed by atoms with Crippen LogP contribution in [-0.2, 0) is 20.9 Å². The SMILES string of the molecule is O=C(CNC(=O)c1ccc(Cl)c(Cl)c1)NNC(=O)C(=O)NCc1ccco1. The standard InChI is InChI=1S/C16H14Cl2N4O5/c17-11-4-3-9(6-12(11)18)14(24)20-8-13(23)21-22-16(26)15(25)19-7-10-2-1-5-27-10/h1-6H,7-8H2,(H,19,25)(H,20,24)(H,21,23)(H,22,26). The molecule has 2 aromatic rings. The molecule has 1 aromatic heterocycles. The van der Waals surface area contributed by atoms with Crippen molar-refractivity contribution in [1.29, 1.82) is 0 Å². The monoisotopic (exact) mass is 412 g/mol. The van der Waals surface area contributed by atoms with Crippen LogP contribution in [0.1, 0.15) is 16.1 Å². The Kier molecular flexibility index (Phi) is 7.21. The van der Waals surface area contributed by atoms with Crippen molar-refractivity contribution in [1.82, 2.24) is 21.5 Å². The van der Waals surface area contributed by atoms with Crippen molar-refractivity contribution in [3.63, 3.8) is 0 Å². The molecule has 0 saturated heterocycles. The summed E-state index contributed by atoms with van der Waals surface area (Å²) in [6.07, 6.45) is 1.42. The lowest BCUT2D eigenvalue weighted by Crippen LogP contribution is -2.50. The fourth-order valence-electron chi connectivity index (χ4n) is 1.79. The second kappa shape index (κ2) is 9.60. The molecule has 0 aliphatic rings. The van der Waals surface area contributed by atoms with Crippen LogP contribution in [0.15, 0.2) is 41.0 Å². The van der Waals surface area contributed by atoms with Crippen molar-refractivity contribution in [3.05, 3.63) is 58.0 Å². The number of amides is 4. The van der Waals surface area contributed by atoms with Gasteiger partial charge in [-0.3, -0.25) is 30.0 Å². The molecule has 4 N–H and O–H groups in total. The second-order valence-electron chi connectivity index (χ2n) is 5.08. The zero-order valence-electron chi connectivity index (χ0n) is 13.7. The maximum absolute atomic E-state index is 11.9. The zero-order valence-corrected chi connectivity index (χ0v) is 15.2. The molecule has 9 nitrogen and oxygen atoms in total.